The van der Waals surface area contributed by atoms with Gasteiger partial charge in [-0.1, -0.05) is 0 Å². The quantitative estimate of drug-likeness (QED) is 0.722. The molecule has 2 heterocycles. The first kappa shape index (κ1) is 11.3. The smallest absolute Gasteiger partial charge is 0.177 e. The second-order valence-electron chi connectivity index (χ2n) is 4.13. The predicted molar refractivity (Wildman–Crippen MR) is 59.0 cm³/mol. The Hall–Kier alpha value is -1.17. The van der Waals surface area contributed by atoms with Crippen molar-refractivity contribution in [3.63, 3.8) is 0 Å². The highest BCUT2D eigenvalue weighted by Gasteiger charge is 2.34. The molecule has 0 saturated carbocycles. The second kappa shape index (κ2) is 3.69. The summed E-state index contributed by atoms with van der Waals surface area (Å²) in [6.07, 6.45) is 1.29. The zero-order valence-electron chi connectivity index (χ0n) is 9.30. The van der Waals surface area contributed by atoms with Crippen molar-refractivity contribution in [1.82, 2.24) is 9.78 Å². The first-order valence-electron chi connectivity index (χ1n) is 5.18. The lowest BCUT2D eigenvalue weighted by Gasteiger charge is -2.03. The van der Waals surface area contributed by atoms with Gasteiger partial charge in [-0.3, -0.25) is 9.48 Å². The van der Waals surface area contributed by atoms with Crippen molar-refractivity contribution in [2.24, 2.45) is 7.05 Å². The number of nitrogens with zero attached hydrogens (tertiary/aromatic N) is 2. The molecule has 0 amide bonds. The average molecular weight is 242 g/mol. The SMILES string of the molecule is CC(=O)c1cc(C2CCCS2(=O)=O)nn1C. The summed E-state index contributed by atoms with van der Waals surface area (Å²) in [7, 11) is -1.40. The molecule has 0 aromatic carbocycles. The van der Waals surface area contributed by atoms with Gasteiger partial charge in [0.25, 0.3) is 0 Å². The first-order valence-corrected chi connectivity index (χ1v) is 6.90. The molecule has 1 aliphatic heterocycles. The third-order valence-corrected chi connectivity index (χ3v) is 5.12. The Bertz CT molecular complexity index is 530. The highest BCUT2D eigenvalue weighted by molar-refractivity contribution is 7.91. The molecule has 1 atom stereocenters. The Labute approximate surface area is 94.4 Å². The molecule has 0 aliphatic carbocycles. The maximum atomic E-state index is 11.7. The molecule has 1 saturated heterocycles. The minimum Gasteiger partial charge on any atom is -0.293 e. The number of carbonyl (C=O) groups is 1. The predicted octanol–water partition coefficient (Wildman–Crippen LogP) is 0.872. The molecule has 1 fully saturated rings. The van der Waals surface area contributed by atoms with Crippen molar-refractivity contribution in [2.75, 3.05) is 5.75 Å². The maximum Gasteiger partial charge on any atom is 0.177 e. The molecule has 5 nitrogen and oxygen atoms in total. The van der Waals surface area contributed by atoms with Crippen LogP contribution in [-0.4, -0.2) is 29.7 Å². The van der Waals surface area contributed by atoms with Crippen LogP contribution in [0.1, 0.15) is 41.2 Å². The maximum absolute atomic E-state index is 11.7. The minimum atomic E-state index is -3.06. The molecule has 1 unspecified atom stereocenters. The summed E-state index contributed by atoms with van der Waals surface area (Å²) in [6.45, 7) is 1.45. The van der Waals surface area contributed by atoms with E-state index >= 15 is 0 Å². The van der Waals surface area contributed by atoms with Crippen LogP contribution in [0, 0.1) is 0 Å². The summed E-state index contributed by atoms with van der Waals surface area (Å²) >= 11 is 0. The standard InChI is InChI=1S/C10H14N2O3S/c1-7(13)9-6-8(11-12(9)2)10-4-3-5-16(10,14)15/h6,10H,3-5H2,1-2H3. The fourth-order valence-electron chi connectivity index (χ4n) is 2.10. The van der Waals surface area contributed by atoms with E-state index in [4.69, 9.17) is 0 Å². The van der Waals surface area contributed by atoms with Gasteiger partial charge >= 0.3 is 0 Å². The third-order valence-electron chi connectivity index (χ3n) is 2.92. The zero-order valence-corrected chi connectivity index (χ0v) is 10.1. The first-order chi connectivity index (χ1) is 7.42. The van der Waals surface area contributed by atoms with Gasteiger partial charge < -0.3 is 0 Å². The van der Waals surface area contributed by atoms with Gasteiger partial charge in [0.05, 0.1) is 11.4 Å². The van der Waals surface area contributed by atoms with Crippen LogP contribution in [0.4, 0.5) is 0 Å². The van der Waals surface area contributed by atoms with Crippen molar-refractivity contribution in [3.05, 3.63) is 17.5 Å². The van der Waals surface area contributed by atoms with Crippen LogP contribution >= 0.6 is 0 Å². The van der Waals surface area contributed by atoms with Gasteiger partial charge in [0.15, 0.2) is 15.6 Å². The minimum absolute atomic E-state index is 0.100. The normalized spacial score (nSPS) is 23.5. The molecule has 1 aromatic heterocycles. The Morgan fingerprint density at radius 3 is 2.69 bits per heavy atom. The number of sulfone groups is 1. The lowest BCUT2D eigenvalue weighted by atomic mass is 10.2. The Morgan fingerprint density at radius 1 is 1.56 bits per heavy atom. The molecule has 0 bridgehead atoms. The number of aromatic nitrogens is 2. The lowest BCUT2D eigenvalue weighted by molar-refractivity contribution is 0.100. The van der Waals surface area contributed by atoms with E-state index in [1.165, 1.54) is 11.6 Å². The molecular weight excluding hydrogens is 228 g/mol. The average Bonchev–Trinajstić information content (AvgIpc) is 2.68. The Balaban J connectivity index is 2.42. The molecule has 0 spiro atoms. The summed E-state index contributed by atoms with van der Waals surface area (Å²) in [5.74, 6) is 0.126. The van der Waals surface area contributed by atoms with Crippen LogP contribution in [-0.2, 0) is 16.9 Å². The number of aryl methyl sites for hydroxylation is 1. The van der Waals surface area contributed by atoms with Crippen LogP contribution in [0.2, 0.25) is 0 Å². The van der Waals surface area contributed by atoms with E-state index in [0.717, 1.165) is 0 Å². The monoisotopic (exact) mass is 242 g/mol. The molecule has 1 aromatic rings. The van der Waals surface area contributed by atoms with E-state index in [1.807, 2.05) is 0 Å². The molecule has 6 heteroatoms. The molecule has 0 radical (unpaired) electrons. The number of Topliss-reactive ketones (excluding diaryl/α,β-unsaturated/α-hetero) is 1. The number of hydrogen-bond donors (Lipinski definition) is 0. The van der Waals surface area contributed by atoms with E-state index in [9.17, 15) is 13.2 Å². The van der Waals surface area contributed by atoms with Crippen molar-refractivity contribution < 1.29 is 13.2 Å². The summed E-state index contributed by atoms with van der Waals surface area (Å²) in [5, 5.41) is 3.60. The summed E-state index contributed by atoms with van der Waals surface area (Å²) in [5.41, 5.74) is 0.960. The van der Waals surface area contributed by atoms with Crippen molar-refractivity contribution in [3.8, 4) is 0 Å². The van der Waals surface area contributed by atoms with Gasteiger partial charge in [-0.2, -0.15) is 5.10 Å². The second-order valence-corrected chi connectivity index (χ2v) is 6.44. The van der Waals surface area contributed by atoms with Crippen molar-refractivity contribution >= 4 is 15.6 Å². The number of hydrogen-bond acceptors (Lipinski definition) is 4. The van der Waals surface area contributed by atoms with Crippen LogP contribution < -0.4 is 0 Å². The van der Waals surface area contributed by atoms with E-state index in [0.29, 0.717) is 24.2 Å². The van der Waals surface area contributed by atoms with E-state index in [1.54, 1.807) is 13.1 Å². The topological polar surface area (TPSA) is 69.0 Å². The number of rotatable bonds is 2. The molecule has 16 heavy (non-hydrogen) atoms. The van der Waals surface area contributed by atoms with Gasteiger partial charge in [-0.25, -0.2) is 8.42 Å². The molecule has 1 aliphatic rings. The Kier molecular flexibility index (Phi) is 2.61. The van der Waals surface area contributed by atoms with E-state index in [2.05, 4.69) is 5.10 Å². The molecule has 0 N–H and O–H groups in total. The fourth-order valence-corrected chi connectivity index (χ4v) is 3.96. The highest BCUT2D eigenvalue weighted by atomic mass is 32.2. The van der Waals surface area contributed by atoms with Gasteiger partial charge in [0, 0.05) is 14.0 Å². The third kappa shape index (κ3) is 1.77. The van der Waals surface area contributed by atoms with Crippen LogP contribution in [0.15, 0.2) is 6.07 Å². The zero-order chi connectivity index (χ0) is 11.9. The molecule has 2 rings (SSSR count). The van der Waals surface area contributed by atoms with Crippen LogP contribution in [0.25, 0.3) is 0 Å². The number of carbonyl (C=O) groups excluding carboxylic acids is 1. The van der Waals surface area contributed by atoms with Gasteiger partial charge in [-0.05, 0) is 18.9 Å². The van der Waals surface area contributed by atoms with Crippen molar-refractivity contribution in [1.29, 1.82) is 0 Å². The van der Waals surface area contributed by atoms with E-state index in [-0.39, 0.29) is 11.5 Å². The lowest BCUT2D eigenvalue weighted by Crippen LogP contribution is -2.08. The van der Waals surface area contributed by atoms with Gasteiger partial charge in [-0.15, -0.1) is 0 Å². The Morgan fingerprint density at radius 2 is 2.25 bits per heavy atom. The molecule has 88 valence electrons. The largest absolute Gasteiger partial charge is 0.293 e. The van der Waals surface area contributed by atoms with Gasteiger partial charge in [0.2, 0.25) is 0 Å². The van der Waals surface area contributed by atoms with E-state index < -0.39 is 15.1 Å². The molecular formula is C10H14N2O3S. The number of ketones is 1. The summed E-state index contributed by atoms with van der Waals surface area (Å²) in [6, 6.07) is 1.59. The van der Waals surface area contributed by atoms with Crippen molar-refractivity contribution in [2.45, 2.75) is 25.0 Å². The van der Waals surface area contributed by atoms with Crippen LogP contribution in [0.3, 0.4) is 0 Å². The summed E-state index contributed by atoms with van der Waals surface area (Å²) < 4.78 is 24.9. The van der Waals surface area contributed by atoms with Crippen LogP contribution in [0.5, 0.6) is 0 Å². The highest BCUT2D eigenvalue weighted by Crippen LogP contribution is 2.33. The van der Waals surface area contributed by atoms with Gasteiger partial charge in [0.1, 0.15) is 10.9 Å². The fraction of sp³-hybridized carbons (Fsp3) is 0.600. The summed E-state index contributed by atoms with van der Waals surface area (Å²) in [4.78, 5) is 11.2.